The number of rotatable bonds is 6. The number of alkyl halides is 1. The summed E-state index contributed by atoms with van der Waals surface area (Å²) in [5.74, 6) is 0.982. The third kappa shape index (κ3) is 5.15. The molecule has 1 atom stereocenters. The molecule has 0 saturated carbocycles. The van der Waals surface area contributed by atoms with Crippen molar-refractivity contribution in [2.24, 2.45) is 0 Å². The van der Waals surface area contributed by atoms with E-state index in [4.69, 9.17) is 4.74 Å². The Balaban J connectivity index is 1.69. The molecule has 1 unspecified atom stereocenters. The van der Waals surface area contributed by atoms with Crippen molar-refractivity contribution in [3.8, 4) is 5.75 Å². The molecule has 0 N–H and O–H groups in total. The second-order valence-corrected chi connectivity index (χ2v) is 5.86. The van der Waals surface area contributed by atoms with Crippen LogP contribution in [-0.4, -0.2) is 36.0 Å². The summed E-state index contributed by atoms with van der Waals surface area (Å²) in [4.78, 5) is 2.64. The van der Waals surface area contributed by atoms with Crippen molar-refractivity contribution in [3.05, 3.63) is 30.3 Å². The largest absolute Gasteiger partial charge is 0.494 e. The van der Waals surface area contributed by atoms with Crippen LogP contribution in [0.3, 0.4) is 0 Å². The average molecular weight is 326 g/mol. The van der Waals surface area contributed by atoms with Gasteiger partial charge in [-0.3, -0.25) is 4.90 Å². The van der Waals surface area contributed by atoms with E-state index in [-0.39, 0.29) is 0 Å². The Bertz CT molecular complexity index is 344. The molecule has 0 aliphatic carbocycles. The first-order valence-electron chi connectivity index (χ1n) is 7.38. The van der Waals surface area contributed by atoms with E-state index in [0.29, 0.717) is 0 Å². The molecule has 1 aromatic rings. The molecule has 0 bridgehead atoms. The number of likely N-dealkylation sites (tertiary alicyclic amines) is 1. The number of ether oxygens (including phenoxy) is 1. The van der Waals surface area contributed by atoms with Gasteiger partial charge in [0.2, 0.25) is 0 Å². The molecule has 0 radical (unpaired) electrons. The molecule has 1 heterocycles. The molecular weight excluding hydrogens is 302 g/mol. The van der Waals surface area contributed by atoms with Crippen LogP contribution >= 0.6 is 15.9 Å². The van der Waals surface area contributed by atoms with Crippen LogP contribution in [0.5, 0.6) is 5.75 Å². The first kappa shape index (κ1) is 14.9. The highest BCUT2D eigenvalue weighted by molar-refractivity contribution is 9.09. The summed E-state index contributed by atoms with van der Waals surface area (Å²) in [5.41, 5.74) is 0. The first-order chi connectivity index (χ1) is 9.40. The molecule has 1 saturated heterocycles. The second-order valence-electron chi connectivity index (χ2n) is 5.21. The number of hydrogen-bond acceptors (Lipinski definition) is 2. The molecule has 1 aliphatic heterocycles. The van der Waals surface area contributed by atoms with E-state index < -0.39 is 0 Å². The van der Waals surface area contributed by atoms with E-state index in [1.165, 1.54) is 32.2 Å². The lowest BCUT2D eigenvalue weighted by atomic mass is 10.1. The summed E-state index contributed by atoms with van der Waals surface area (Å²) in [5, 5.41) is 1.10. The monoisotopic (exact) mass is 325 g/mol. The van der Waals surface area contributed by atoms with Gasteiger partial charge >= 0.3 is 0 Å². The average Bonchev–Trinajstić information content (AvgIpc) is 2.69. The fourth-order valence-electron chi connectivity index (χ4n) is 2.68. The highest BCUT2D eigenvalue weighted by Crippen LogP contribution is 2.18. The van der Waals surface area contributed by atoms with Gasteiger partial charge in [-0.15, -0.1) is 0 Å². The predicted octanol–water partition coefficient (Wildman–Crippen LogP) is 4.10. The highest BCUT2D eigenvalue weighted by atomic mass is 79.9. The van der Waals surface area contributed by atoms with Crippen molar-refractivity contribution < 1.29 is 4.74 Å². The van der Waals surface area contributed by atoms with Crippen LogP contribution in [0.4, 0.5) is 0 Å². The van der Waals surface area contributed by atoms with Gasteiger partial charge in [-0.2, -0.15) is 0 Å². The highest BCUT2D eigenvalue weighted by Gasteiger charge is 2.19. The summed E-state index contributed by atoms with van der Waals surface area (Å²) in [6.07, 6.45) is 6.57. The predicted molar refractivity (Wildman–Crippen MR) is 84.2 cm³/mol. The number of benzene rings is 1. The topological polar surface area (TPSA) is 12.5 Å². The Kier molecular flexibility index (Phi) is 6.72. The Labute approximate surface area is 125 Å². The van der Waals surface area contributed by atoms with Gasteiger partial charge in [0.05, 0.1) is 6.61 Å². The van der Waals surface area contributed by atoms with Gasteiger partial charge < -0.3 is 4.74 Å². The van der Waals surface area contributed by atoms with Crippen molar-refractivity contribution in [2.45, 2.75) is 38.1 Å². The molecule has 1 aliphatic rings. The first-order valence-corrected chi connectivity index (χ1v) is 8.50. The zero-order valence-electron chi connectivity index (χ0n) is 11.6. The molecule has 1 aromatic carbocycles. The summed E-state index contributed by atoms with van der Waals surface area (Å²) in [6.45, 7) is 3.22. The zero-order chi connectivity index (χ0) is 13.3. The van der Waals surface area contributed by atoms with Gasteiger partial charge in [0.15, 0.2) is 0 Å². The molecular formula is C16H24BrNO. The van der Waals surface area contributed by atoms with Crippen LogP contribution in [0.25, 0.3) is 0 Å². The van der Waals surface area contributed by atoms with Gasteiger partial charge in [-0.25, -0.2) is 0 Å². The van der Waals surface area contributed by atoms with E-state index in [0.717, 1.165) is 36.7 Å². The minimum atomic E-state index is 0.722. The van der Waals surface area contributed by atoms with Crippen molar-refractivity contribution >= 4 is 15.9 Å². The van der Waals surface area contributed by atoms with Crippen LogP contribution in [0.15, 0.2) is 30.3 Å². The molecule has 1 fully saturated rings. The Morgan fingerprint density at radius 2 is 2.00 bits per heavy atom. The summed E-state index contributed by atoms with van der Waals surface area (Å²) in [6, 6.07) is 10.8. The molecule has 0 amide bonds. The maximum Gasteiger partial charge on any atom is 0.119 e. The number of halogens is 1. The van der Waals surface area contributed by atoms with Crippen LogP contribution in [0.1, 0.15) is 32.1 Å². The van der Waals surface area contributed by atoms with Gasteiger partial charge in [0.25, 0.3) is 0 Å². The van der Waals surface area contributed by atoms with Crippen LogP contribution in [-0.2, 0) is 0 Å². The van der Waals surface area contributed by atoms with Gasteiger partial charge in [0.1, 0.15) is 5.75 Å². The molecule has 3 heteroatoms. The Morgan fingerprint density at radius 1 is 1.16 bits per heavy atom. The lowest BCUT2D eigenvalue weighted by Gasteiger charge is -2.28. The number of hydrogen-bond donors (Lipinski definition) is 0. The minimum absolute atomic E-state index is 0.722. The van der Waals surface area contributed by atoms with Crippen LogP contribution in [0, 0.1) is 0 Å². The van der Waals surface area contributed by atoms with Crippen molar-refractivity contribution in [1.82, 2.24) is 4.90 Å². The molecule has 2 nitrogen and oxygen atoms in total. The minimum Gasteiger partial charge on any atom is -0.494 e. The maximum atomic E-state index is 5.76. The van der Waals surface area contributed by atoms with Gasteiger partial charge in [-0.1, -0.05) is 47.0 Å². The Morgan fingerprint density at radius 3 is 2.79 bits per heavy atom. The van der Waals surface area contributed by atoms with E-state index in [2.05, 4.69) is 20.8 Å². The smallest absolute Gasteiger partial charge is 0.119 e. The zero-order valence-corrected chi connectivity index (χ0v) is 13.1. The summed E-state index contributed by atoms with van der Waals surface area (Å²) >= 11 is 3.66. The number of para-hydroxylation sites is 1. The fourth-order valence-corrected chi connectivity index (χ4v) is 3.41. The van der Waals surface area contributed by atoms with E-state index >= 15 is 0 Å². The van der Waals surface area contributed by atoms with Gasteiger partial charge in [-0.05, 0) is 37.9 Å². The standard InChI is InChI=1S/C16H24BrNO/c17-14-15-8-3-2-6-11-18(15)12-7-13-19-16-9-4-1-5-10-16/h1,4-5,9-10,15H,2-3,6-8,11-14H2. The molecule has 0 aromatic heterocycles. The van der Waals surface area contributed by atoms with Crippen molar-refractivity contribution in [2.75, 3.05) is 25.0 Å². The van der Waals surface area contributed by atoms with Crippen LogP contribution in [0.2, 0.25) is 0 Å². The summed E-state index contributed by atoms with van der Waals surface area (Å²) < 4.78 is 5.76. The number of nitrogens with zero attached hydrogens (tertiary/aromatic N) is 1. The molecule has 2 rings (SSSR count). The van der Waals surface area contributed by atoms with Crippen molar-refractivity contribution in [1.29, 1.82) is 0 Å². The second kappa shape index (κ2) is 8.60. The Hall–Kier alpha value is -0.540. The van der Waals surface area contributed by atoms with E-state index in [1.807, 2.05) is 30.3 Å². The molecule has 19 heavy (non-hydrogen) atoms. The third-order valence-corrected chi connectivity index (χ3v) is 4.53. The van der Waals surface area contributed by atoms with E-state index in [1.54, 1.807) is 0 Å². The van der Waals surface area contributed by atoms with Crippen LogP contribution < -0.4 is 4.74 Å². The van der Waals surface area contributed by atoms with E-state index in [9.17, 15) is 0 Å². The lowest BCUT2D eigenvalue weighted by Crippen LogP contribution is -2.37. The molecule has 106 valence electrons. The normalized spacial score (nSPS) is 21.0. The third-order valence-electron chi connectivity index (χ3n) is 3.78. The quantitative estimate of drug-likeness (QED) is 0.576. The summed E-state index contributed by atoms with van der Waals surface area (Å²) in [7, 11) is 0. The lowest BCUT2D eigenvalue weighted by molar-refractivity contribution is 0.195. The fraction of sp³-hybridized carbons (Fsp3) is 0.625. The SMILES string of the molecule is BrCC1CCCCCN1CCCOc1ccccc1. The van der Waals surface area contributed by atoms with Gasteiger partial charge in [0, 0.05) is 17.9 Å². The van der Waals surface area contributed by atoms with Crippen molar-refractivity contribution in [3.63, 3.8) is 0 Å². The molecule has 0 spiro atoms. The maximum absolute atomic E-state index is 5.76.